The van der Waals surface area contributed by atoms with Gasteiger partial charge in [0.2, 0.25) is 0 Å². The first-order chi connectivity index (χ1) is 15.3. The number of carbonyl (C=O) groups is 2. The summed E-state index contributed by atoms with van der Waals surface area (Å²) in [5.74, 6) is -1.14. The van der Waals surface area contributed by atoms with Gasteiger partial charge in [-0.05, 0) is 49.7 Å². The lowest BCUT2D eigenvalue weighted by Gasteiger charge is -2.14. The molecular formula is C23H22O8P2. The molecule has 0 saturated carbocycles. The van der Waals surface area contributed by atoms with Gasteiger partial charge in [0.25, 0.3) is 0 Å². The van der Waals surface area contributed by atoms with Gasteiger partial charge in [-0.3, -0.25) is 18.7 Å². The predicted octanol–water partition coefficient (Wildman–Crippen LogP) is 3.03. The predicted molar refractivity (Wildman–Crippen MR) is 124 cm³/mol. The van der Waals surface area contributed by atoms with Gasteiger partial charge in [-0.25, -0.2) is 0 Å². The van der Waals surface area contributed by atoms with E-state index >= 15 is 0 Å². The van der Waals surface area contributed by atoms with Gasteiger partial charge < -0.3 is 19.2 Å². The van der Waals surface area contributed by atoms with Gasteiger partial charge in [-0.15, -0.1) is 0 Å². The molecule has 3 N–H and O–H groups in total. The third kappa shape index (κ3) is 5.28. The van der Waals surface area contributed by atoms with E-state index in [9.17, 15) is 33.4 Å². The maximum Gasteiger partial charge on any atom is 0.358 e. The number of benzene rings is 3. The van der Waals surface area contributed by atoms with E-state index in [0.717, 1.165) is 18.7 Å². The van der Waals surface area contributed by atoms with Crippen molar-refractivity contribution in [3.05, 3.63) is 94.0 Å². The minimum atomic E-state index is -4.93. The Labute approximate surface area is 190 Å². The van der Waals surface area contributed by atoms with Crippen LogP contribution in [0.2, 0.25) is 0 Å². The second kappa shape index (κ2) is 9.27. The Morgan fingerprint density at radius 3 is 1.91 bits per heavy atom. The molecule has 8 nitrogen and oxygen atoms in total. The van der Waals surface area contributed by atoms with Gasteiger partial charge >= 0.3 is 15.2 Å². The number of rotatable bonds is 7. The van der Waals surface area contributed by atoms with E-state index in [2.05, 4.69) is 4.52 Å². The van der Waals surface area contributed by atoms with Crippen LogP contribution in [0.5, 0.6) is 0 Å². The van der Waals surface area contributed by atoms with Crippen LogP contribution < -0.4 is 10.6 Å². The van der Waals surface area contributed by atoms with Gasteiger partial charge in [0.05, 0.1) is 10.6 Å². The van der Waals surface area contributed by atoms with E-state index in [1.54, 1.807) is 19.1 Å². The van der Waals surface area contributed by atoms with Crippen molar-refractivity contribution in [2.45, 2.75) is 13.8 Å². The summed E-state index contributed by atoms with van der Waals surface area (Å²) in [6, 6.07) is 13.9. The van der Waals surface area contributed by atoms with Crippen LogP contribution in [0.4, 0.5) is 0 Å². The van der Waals surface area contributed by atoms with Gasteiger partial charge in [-0.2, -0.15) is 0 Å². The van der Waals surface area contributed by atoms with Crippen LogP contribution in [-0.2, 0) is 13.7 Å². The first-order valence-corrected chi connectivity index (χ1v) is 12.9. The normalized spacial score (nSPS) is 13.4. The summed E-state index contributed by atoms with van der Waals surface area (Å²) in [6.45, 7) is 3.58. The van der Waals surface area contributed by atoms with Crippen molar-refractivity contribution in [3.8, 4) is 0 Å². The summed E-state index contributed by atoms with van der Waals surface area (Å²) in [5, 5.41) is -0.608. The highest BCUT2D eigenvalue weighted by atomic mass is 31.2. The number of carbonyl (C=O) groups excluding carboxylic acids is 2. The fraction of sp³-hybridized carbons (Fsp3) is 0.130. The molecule has 0 aromatic heterocycles. The molecule has 172 valence electrons. The summed E-state index contributed by atoms with van der Waals surface area (Å²) < 4.78 is 28.6. The summed E-state index contributed by atoms with van der Waals surface area (Å²) in [4.78, 5) is 55.5. The Kier molecular flexibility index (Phi) is 7.01. The summed E-state index contributed by atoms with van der Waals surface area (Å²) in [5.41, 5.74) is 1.77. The number of hydrogen-bond donors (Lipinski definition) is 3. The van der Waals surface area contributed by atoms with E-state index in [1.807, 2.05) is 13.0 Å². The van der Waals surface area contributed by atoms with Gasteiger partial charge in [-0.1, -0.05) is 35.9 Å². The molecule has 33 heavy (non-hydrogen) atoms. The molecule has 0 aliphatic heterocycles. The largest absolute Gasteiger partial charge is 0.358 e. The second-order valence-electron chi connectivity index (χ2n) is 7.50. The van der Waals surface area contributed by atoms with Crippen LogP contribution in [0.1, 0.15) is 43.0 Å². The molecule has 0 bridgehead atoms. The highest BCUT2D eigenvalue weighted by molar-refractivity contribution is 7.61. The van der Waals surface area contributed by atoms with Crippen LogP contribution in [-0.4, -0.2) is 33.4 Å². The lowest BCUT2D eigenvalue weighted by molar-refractivity contribution is 0.102. The Morgan fingerprint density at radius 1 is 0.758 bits per heavy atom. The summed E-state index contributed by atoms with van der Waals surface area (Å²) in [7, 11) is -7.86. The van der Waals surface area contributed by atoms with Crippen molar-refractivity contribution in [2.75, 3.05) is 7.11 Å². The maximum absolute atomic E-state index is 13.0. The van der Waals surface area contributed by atoms with Gasteiger partial charge in [0, 0.05) is 29.4 Å². The van der Waals surface area contributed by atoms with Gasteiger partial charge in [0.1, 0.15) is 0 Å². The van der Waals surface area contributed by atoms with Crippen LogP contribution in [0.15, 0.2) is 60.7 Å². The van der Waals surface area contributed by atoms with Crippen LogP contribution >= 0.6 is 15.2 Å². The van der Waals surface area contributed by atoms with E-state index in [-0.39, 0.29) is 22.0 Å². The topological polar surface area (TPSA) is 138 Å². The quantitative estimate of drug-likeness (QED) is 0.341. The Bertz CT molecular complexity index is 1340. The van der Waals surface area contributed by atoms with E-state index < -0.39 is 32.1 Å². The van der Waals surface area contributed by atoms with Crippen molar-refractivity contribution in [1.82, 2.24) is 0 Å². The number of hydrogen-bond acceptors (Lipinski definition) is 5. The van der Waals surface area contributed by atoms with E-state index in [0.29, 0.717) is 11.1 Å². The van der Waals surface area contributed by atoms with Crippen molar-refractivity contribution in [3.63, 3.8) is 0 Å². The zero-order valence-corrected chi connectivity index (χ0v) is 19.8. The van der Waals surface area contributed by atoms with Gasteiger partial charge in [0.15, 0.2) is 11.6 Å². The minimum Gasteiger partial charge on any atom is -0.321 e. The number of ketones is 2. The zero-order chi connectivity index (χ0) is 24.6. The second-order valence-corrected chi connectivity index (χ2v) is 11.0. The van der Waals surface area contributed by atoms with E-state index in [4.69, 9.17) is 0 Å². The molecule has 0 amide bonds. The summed E-state index contributed by atoms with van der Waals surface area (Å²) >= 11 is 0. The molecular weight excluding hydrogens is 466 g/mol. The van der Waals surface area contributed by atoms with Crippen molar-refractivity contribution >= 4 is 37.4 Å². The molecule has 0 saturated heterocycles. The Balaban J connectivity index is 2.05. The first-order valence-electron chi connectivity index (χ1n) is 9.71. The average Bonchev–Trinajstić information content (AvgIpc) is 2.78. The molecule has 0 heterocycles. The third-order valence-corrected chi connectivity index (χ3v) is 7.60. The Hall–Kier alpha value is -2.70. The van der Waals surface area contributed by atoms with Crippen LogP contribution in [0, 0.1) is 13.8 Å². The molecule has 10 heteroatoms. The highest BCUT2D eigenvalue weighted by Crippen LogP contribution is 2.39. The molecule has 0 radical (unpaired) electrons. The van der Waals surface area contributed by atoms with Crippen LogP contribution in [0.3, 0.4) is 0 Å². The number of aryl methyl sites for hydroxylation is 2. The monoisotopic (exact) mass is 488 g/mol. The molecule has 3 rings (SSSR count). The molecule has 0 spiro atoms. The van der Waals surface area contributed by atoms with E-state index in [1.165, 1.54) is 36.4 Å². The lowest BCUT2D eigenvalue weighted by Crippen LogP contribution is -2.19. The molecule has 0 aliphatic rings. The standard InChI is InChI=1S/C23H22O8P2/c1-14-4-5-15(2)20(12-14)23(25)17-8-11-19(21(13-17)32(26,27)28)22(24)16-6-9-18(10-7-16)33(29,30)31-3/h4-13H,1-3H3,(H,29,30)(H2,26,27,28). The maximum atomic E-state index is 13.0. The molecule has 0 fully saturated rings. The highest BCUT2D eigenvalue weighted by Gasteiger charge is 2.28. The lowest BCUT2D eigenvalue weighted by atomic mass is 9.95. The molecule has 0 aliphatic carbocycles. The Morgan fingerprint density at radius 2 is 1.33 bits per heavy atom. The zero-order valence-electron chi connectivity index (χ0n) is 18.1. The summed E-state index contributed by atoms with van der Waals surface area (Å²) in [6.07, 6.45) is 0. The molecule has 1 atom stereocenters. The first kappa shape index (κ1) is 24.9. The molecule has 1 unspecified atom stereocenters. The van der Waals surface area contributed by atoms with Crippen molar-refractivity contribution in [2.24, 2.45) is 0 Å². The van der Waals surface area contributed by atoms with Crippen molar-refractivity contribution < 1.29 is 37.9 Å². The third-order valence-electron chi connectivity index (χ3n) is 5.16. The SMILES string of the molecule is COP(=O)(O)c1ccc(C(=O)c2ccc(C(=O)c3cc(C)ccc3C)cc2P(=O)(O)O)cc1. The van der Waals surface area contributed by atoms with Crippen LogP contribution in [0.25, 0.3) is 0 Å². The van der Waals surface area contributed by atoms with Crippen molar-refractivity contribution in [1.29, 1.82) is 0 Å². The average molecular weight is 488 g/mol. The fourth-order valence-electron chi connectivity index (χ4n) is 3.30. The minimum absolute atomic E-state index is 0.0359. The fourth-order valence-corrected chi connectivity index (χ4v) is 4.84. The molecule has 3 aromatic carbocycles. The molecule has 3 aromatic rings. The smallest absolute Gasteiger partial charge is 0.321 e.